The Morgan fingerprint density at radius 2 is 1.75 bits per heavy atom. The van der Waals surface area contributed by atoms with Crippen molar-refractivity contribution in [3.63, 3.8) is 0 Å². The van der Waals surface area contributed by atoms with E-state index in [1.807, 2.05) is 0 Å². The van der Waals surface area contributed by atoms with E-state index in [4.69, 9.17) is 0 Å². The molecule has 1 aliphatic heterocycles. The van der Waals surface area contributed by atoms with E-state index in [2.05, 4.69) is 5.32 Å². The Balaban J connectivity index is 2.40. The number of nitrogens with one attached hydrogen (secondary N) is 1. The van der Waals surface area contributed by atoms with Gasteiger partial charge in [0.1, 0.15) is 0 Å². The number of phenolic OH excluding ortho intramolecular Hbond substituents is 1. The monoisotopic (exact) mass is 232 g/mol. The van der Waals surface area contributed by atoms with Gasteiger partial charge in [-0.2, -0.15) is 4.39 Å². The van der Waals surface area contributed by atoms with Crippen LogP contribution < -0.4 is 10.2 Å². The summed E-state index contributed by atoms with van der Waals surface area (Å²) in [5, 5.41) is 12.5. The molecule has 3 nitrogen and oxygen atoms in total. The summed E-state index contributed by atoms with van der Waals surface area (Å²) >= 11 is 0. The van der Waals surface area contributed by atoms with E-state index in [1.165, 1.54) is 0 Å². The van der Waals surface area contributed by atoms with Gasteiger partial charge in [0, 0.05) is 32.2 Å². The first-order chi connectivity index (χ1) is 7.61. The maximum Gasteiger partial charge on any atom is 0.205 e. The van der Waals surface area contributed by atoms with Crippen molar-refractivity contribution in [2.75, 3.05) is 31.1 Å². The topological polar surface area (TPSA) is 35.5 Å². The van der Waals surface area contributed by atoms with Crippen LogP contribution in [0.5, 0.6) is 5.75 Å². The van der Waals surface area contributed by atoms with Crippen LogP contribution in [-0.4, -0.2) is 31.3 Å². The first kappa shape index (κ1) is 11.1. The van der Waals surface area contributed by atoms with E-state index in [0.717, 1.165) is 6.07 Å². The molecule has 2 rings (SSSR count). The van der Waals surface area contributed by atoms with E-state index in [9.17, 15) is 18.3 Å². The van der Waals surface area contributed by atoms with Crippen LogP contribution in [0.1, 0.15) is 0 Å². The smallest absolute Gasteiger partial charge is 0.205 e. The number of halogens is 3. The van der Waals surface area contributed by atoms with Crippen LogP contribution in [0.2, 0.25) is 0 Å². The van der Waals surface area contributed by atoms with Crippen molar-refractivity contribution in [1.82, 2.24) is 5.32 Å². The summed E-state index contributed by atoms with van der Waals surface area (Å²) in [6.45, 7) is 2.33. The maximum absolute atomic E-state index is 13.1. The minimum atomic E-state index is -1.64. The lowest BCUT2D eigenvalue weighted by Gasteiger charge is -2.30. The zero-order chi connectivity index (χ0) is 11.7. The Kier molecular flexibility index (Phi) is 2.91. The molecular weight excluding hydrogens is 221 g/mol. The normalized spacial score (nSPS) is 16.6. The van der Waals surface area contributed by atoms with E-state index in [1.54, 1.807) is 4.90 Å². The number of piperazine rings is 1. The Hall–Kier alpha value is -1.43. The molecule has 1 aliphatic rings. The zero-order valence-electron chi connectivity index (χ0n) is 8.43. The third-order valence-corrected chi connectivity index (χ3v) is 2.57. The van der Waals surface area contributed by atoms with Crippen LogP contribution in [0.4, 0.5) is 18.9 Å². The molecule has 1 aromatic carbocycles. The largest absolute Gasteiger partial charge is 0.503 e. The van der Waals surface area contributed by atoms with Gasteiger partial charge >= 0.3 is 0 Å². The van der Waals surface area contributed by atoms with Crippen molar-refractivity contribution < 1.29 is 18.3 Å². The molecular formula is C10H11F3N2O. The number of hydrogen-bond donors (Lipinski definition) is 2. The Labute approximate surface area is 90.5 Å². The molecule has 0 radical (unpaired) electrons. The van der Waals surface area contributed by atoms with Crippen molar-refractivity contribution in [3.05, 3.63) is 23.5 Å². The predicted molar refractivity (Wildman–Crippen MR) is 53.1 cm³/mol. The lowest BCUT2D eigenvalue weighted by molar-refractivity contribution is 0.385. The van der Waals surface area contributed by atoms with E-state index < -0.39 is 23.2 Å². The lowest BCUT2D eigenvalue weighted by atomic mass is 10.2. The van der Waals surface area contributed by atoms with Gasteiger partial charge < -0.3 is 15.3 Å². The second-order valence-corrected chi connectivity index (χ2v) is 3.59. The van der Waals surface area contributed by atoms with Crippen LogP contribution in [0.15, 0.2) is 6.07 Å². The fourth-order valence-corrected chi connectivity index (χ4v) is 1.72. The summed E-state index contributed by atoms with van der Waals surface area (Å²) in [5.74, 6) is -5.30. The van der Waals surface area contributed by atoms with Crippen molar-refractivity contribution in [3.8, 4) is 5.75 Å². The van der Waals surface area contributed by atoms with E-state index in [0.29, 0.717) is 26.2 Å². The Morgan fingerprint density at radius 3 is 2.38 bits per heavy atom. The molecule has 2 N–H and O–H groups in total. The summed E-state index contributed by atoms with van der Waals surface area (Å²) in [6.07, 6.45) is 0. The molecule has 0 amide bonds. The van der Waals surface area contributed by atoms with Gasteiger partial charge in [0.2, 0.25) is 5.82 Å². The highest BCUT2D eigenvalue weighted by Crippen LogP contribution is 2.33. The molecule has 1 aromatic rings. The Bertz CT molecular complexity index is 406. The van der Waals surface area contributed by atoms with Gasteiger partial charge in [-0.15, -0.1) is 0 Å². The SMILES string of the molecule is Oc1c(N2CCNCC2)cc(F)c(F)c1F. The molecule has 0 bridgehead atoms. The molecule has 1 heterocycles. The molecule has 16 heavy (non-hydrogen) atoms. The molecule has 0 unspecified atom stereocenters. The Morgan fingerprint density at radius 1 is 1.12 bits per heavy atom. The second-order valence-electron chi connectivity index (χ2n) is 3.59. The standard InChI is InChI=1S/C10H11F3N2O/c11-6-5-7(10(16)9(13)8(6)12)15-3-1-14-2-4-15/h5,14,16H,1-4H2. The van der Waals surface area contributed by atoms with Gasteiger partial charge in [0.25, 0.3) is 0 Å². The van der Waals surface area contributed by atoms with Gasteiger partial charge in [-0.25, -0.2) is 8.78 Å². The van der Waals surface area contributed by atoms with Gasteiger partial charge in [0.15, 0.2) is 17.4 Å². The van der Waals surface area contributed by atoms with Crippen LogP contribution in [-0.2, 0) is 0 Å². The number of rotatable bonds is 1. The van der Waals surface area contributed by atoms with Crippen molar-refractivity contribution in [2.45, 2.75) is 0 Å². The summed E-state index contributed by atoms with van der Waals surface area (Å²) in [5.41, 5.74) is -0.00194. The van der Waals surface area contributed by atoms with Gasteiger partial charge in [-0.1, -0.05) is 0 Å². The average molecular weight is 232 g/mol. The van der Waals surface area contributed by atoms with Crippen molar-refractivity contribution in [1.29, 1.82) is 0 Å². The number of anilines is 1. The highest BCUT2D eigenvalue weighted by molar-refractivity contribution is 5.59. The maximum atomic E-state index is 13.1. The molecule has 6 heteroatoms. The van der Waals surface area contributed by atoms with Crippen LogP contribution in [0.25, 0.3) is 0 Å². The highest BCUT2D eigenvalue weighted by Gasteiger charge is 2.22. The van der Waals surface area contributed by atoms with Crippen molar-refractivity contribution in [2.24, 2.45) is 0 Å². The lowest BCUT2D eigenvalue weighted by Crippen LogP contribution is -2.43. The molecule has 0 aliphatic carbocycles. The molecule has 0 aromatic heterocycles. The van der Waals surface area contributed by atoms with E-state index in [-0.39, 0.29) is 5.69 Å². The summed E-state index contributed by atoms with van der Waals surface area (Å²) in [6, 6.07) is 0.819. The van der Waals surface area contributed by atoms with Gasteiger partial charge in [0.05, 0.1) is 5.69 Å². The van der Waals surface area contributed by atoms with Crippen LogP contribution in [0, 0.1) is 17.5 Å². The molecule has 1 fully saturated rings. The number of phenols is 1. The van der Waals surface area contributed by atoms with Gasteiger partial charge in [-0.3, -0.25) is 0 Å². The molecule has 0 saturated carbocycles. The molecule has 1 saturated heterocycles. The average Bonchev–Trinajstić information content (AvgIpc) is 2.32. The molecule has 88 valence electrons. The summed E-state index contributed by atoms with van der Waals surface area (Å²) in [4.78, 5) is 1.61. The van der Waals surface area contributed by atoms with E-state index >= 15 is 0 Å². The first-order valence-corrected chi connectivity index (χ1v) is 4.93. The minimum Gasteiger partial charge on any atom is -0.503 e. The second kappa shape index (κ2) is 4.21. The predicted octanol–water partition coefficient (Wildman–Crippen LogP) is 1.22. The quantitative estimate of drug-likeness (QED) is 0.715. The fourth-order valence-electron chi connectivity index (χ4n) is 1.72. The third-order valence-electron chi connectivity index (χ3n) is 2.57. The number of aromatic hydroxyl groups is 1. The number of hydrogen-bond acceptors (Lipinski definition) is 3. The summed E-state index contributed by atoms with van der Waals surface area (Å²) < 4.78 is 38.9. The molecule has 0 atom stereocenters. The summed E-state index contributed by atoms with van der Waals surface area (Å²) in [7, 11) is 0. The number of nitrogens with zero attached hydrogens (tertiary/aromatic N) is 1. The third kappa shape index (κ3) is 1.80. The van der Waals surface area contributed by atoms with Gasteiger partial charge in [-0.05, 0) is 0 Å². The fraction of sp³-hybridized carbons (Fsp3) is 0.400. The van der Waals surface area contributed by atoms with Crippen LogP contribution in [0.3, 0.4) is 0 Å². The zero-order valence-corrected chi connectivity index (χ0v) is 8.43. The number of benzene rings is 1. The molecule has 0 spiro atoms. The van der Waals surface area contributed by atoms with Crippen molar-refractivity contribution >= 4 is 5.69 Å². The first-order valence-electron chi connectivity index (χ1n) is 4.93. The minimum absolute atomic E-state index is 0.00194. The van der Waals surface area contributed by atoms with Crippen LogP contribution >= 0.6 is 0 Å². The highest BCUT2D eigenvalue weighted by atomic mass is 19.2.